The minimum Gasteiger partial charge on any atom is -0.481 e. The number of carboxylic acids is 1. The van der Waals surface area contributed by atoms with E-state index in [2.05, 4.69) is 53.2 Å². The maximum absolute atomic E-state index is 11.5. The third kappa shape index (κ3) is 4.02. The highest BCUT2D eigenvalue weighted by Crippen LogP contribution is 2.39. The van der Waals surface area contributed by atoms with Gasteiger partial charge >= 0.3 is 5.97 Å². The number of anilines is 2. The molecule has 1 aromatic heterocycles. The van der Waals surface area contributed by atoms with Crippen LogP contribution in [0.25, 0.3) is 0 Å². The van der Waals surface area contributed by atoms with Gasteiger partial charge in [-0.1, -0.05) is 6.07 Å². The predicted octanol–water partition coefficient (Wildman–Crippen LogP) is 4.23. The quantitative estimate of drug-likeness (QED) is 0.790. The van der Waals surface area contributed by atoms with Crippen LogP contribution >= 0.6 is 11.3 Å². The van der Waals surface area contributed by atoms with Crippen molar-refractivity contribution >= 4 is 39.5 Å². The van der Waals surface area contributed by atoms with Crippen molar-refractivity contribution in [1.82, 2.24) is 9.80 Å². The number of carbonyl (C=O) groups is 1. The number of hydrogen-bond donors (Lipinski definition) is 2. The summed E-state index contributed by atoms with van der Waals surface area (Å²) in [7, 11) is 0. The molecule has 0 spiro atoms. The van der Waals surface area contributed by atoms with Gasteiger partial charge in [-0.15, -0.1) is 11.3 Å². The van der Waals surface area contributed by atoms with Crippen molar-refractivity contribution < 1.29 is 9.90 Å². The monoisotopic (exact) mass is 412 g/mol. The number of aryl methyl sites for hydroxylation is 2. The molecule has 4 rings (SSSR count). The van der Waals surface area contributed by atoms with Gasteiger partial charge < -0.3 is 15.3 Å². The first kappa shape index (κ1) is 19.9. The number of amidine groups is 1. The second-order valence-corrected chi connectivity index (χ2v) is 9.89. The van der Waals surface area contributed by atoms with Gasteiger partial charge in [0, 0.05) is 37.6 Å². The molecule has 0 amide bonds. The third-order valence-electron chi connectivity index (χ3n) is 5.59. The summed E-state index contributed by atoms with van der Waals surface area (Å²) in [6, 6.07) is 8.54. The topological polar surface area (TPSA) is 68.2 Å². The zero-order chi connectivity index (χ0) is 20.8. The summed E-state index contributed by atoms with van der Waals surface area (Å²) in [6.45, 7) is 11.7. The van der Waals surface area contributed by atoms with Crippen molar-refractivity contribution in [3.8, 4) is 0 Å². The lowest BCUT2D eigenvalue weighted by molar-refractivity contribution is -0.148. The highest BCUT2D eigenvalue weighted by Gasteiger charge is 2.32. The van der Waals surface area contributed by atoms with Crippen LogP contribution in [0.3, 0.4) is 0 Å². The number of aliphatic imine (C=N–C) groups is 1. The van der Waals surface area contributed by atoms with Gasteiger partial charge in [-0.25, -0.2) is 4.99 Å². The van der Waals surface area contributed by atoms with Gasteiger partial charge in [0.2, 0.25) is 0 Å². The number of nitrogens with one attached hydrogen (secondary N) is 1. The molecule has 0 atom stereocenters. The average molecular weight is 413 g/mol. The number of fused-ring (bicyclic) bond motifs is 2. The Morgan fingerprint density at radius 1 is 1.21 bits per heavy atom. The fourth-order valence-corrected chi connectivity index (χ4v) is 4.82. The van der Waals surface area contributed by atoms with Crippen molar-refractivity contribution in [3.63, 3.8) is 0 Å². The lowest BCUT2D eigenvalue weighted by Crippen LogP contribution is -2.52. The van der Waals surface area contributed by atoms with Gasteiger partial charge in [0.15, 0.2) is 0 Å². The van der Waals surface area contributed by atoms with E-state index in [-0.39, 0.29) is 0 Å². The molecule has 2 N–H and O–H groups in total. The lowest BCUT2D eigenvalue weighted by atomic mass is 9.93. The molecule has 2 aliphatic rings. The Labute approximate surface area is 175 Å². The van der Waals surface area contributed by atoms with E-state index >= 15 is 0 Å². The molecular formula is C22H28N4O2S. The summed E-state index contributed by atoms with van der Waals surface area (Å²) in [6.07, 6.45) is 0. The molecule has 1 saturated heterocycles. The van der Waals surface area contributed by atoms with Crippen molar-refractivity contribution in [3.05, 3.63) is 40.3 Å². The van der Waals surface area contributed by atoms with Crippen LogP contribution in [0.5, 0.6) is 0 Å². The Hall–Kier alpha value is -2.38. The summed E-state index contributed by atoms with van der Waals surface area (Å²) >= 11 is 1.76. The first-order valence-corrected chi connectivity index (χ1v) is 10.8. The van der Waals surface area contributed by atoms with Gasteiger partial charge in [-0.3, -0.25) is 9.69 Å². The van der Waals surface area contributed by atoms with Crippen molar-refractivity contribution in [2.24, 2.45) is 10.4 Å². The van der Waals surface area contributed by atoms with Crippen LogP contribution in [0.4, 0.5) is 16.4 Å². The molecule has 1 aromatic carbocycles. The largest absolute Gasteiger partial charge is 0.481 e. The smallest absolute Gasteiger partial charge is 0.310 e. The summed E-state index contributed by atoms with van der Waals surface area (Å²) in [5.74, 6) is 0.267. The number of hydrogen-bond acceptors (Lipinski definition) is 6. The first-order valence-electron chi connectivity index (χ1n) is 10.0. The first-order chi connectivity index (χ1) is 13.7. The van der Waals surface area contributed by atoms with Gasteiger partial charge in [0.25, 0.3) is 0 Å². The van der Waals surface area contributed by atoms with Gasteiger partial charge in [-0.05, 0) is 51.5 Å². The van der Waals surface area contributed by atoms with E-state index in [0.29, 0.717) is 6.54 Å². The maximum atomic E-state index is 11.5. The van der Waals surface area contributed by atoms with Gasteiger partial charge in [0.05, 0.1) is 22.4 Å². The Kier molecular flexibility index (Phi) is 5.12. The molecule has 154 valence electrons. The van der Waals surface area contributed by atoms with Crippen LogP contribution < -0.4 is 5.32 Å². The van der Waals surface area contributed by atoms with E-state index in [1.54, 1.807) is 25.2 Å². The molecule has 2 aliphatic heterocycles. The Balaban J connectivity index is 1.59. The molecule has 0 bridgehead atoms. The third-order valence-corrected chi connectivity index (χ3v) is 6.56. The molecule has 29 heavy (non-hydrogen) atoms. The fourth-order valence-electron chi connectivity index (χ4n) is 3.90. The molecule has 2 aromatic rings. The molecule has 1 fully saturated rings. The maximum Gasteiger partial charge on any atom is 0.310 e. The summed E-state index contributed by atoms with van der Waals surface area (Å²) in [4.78, 5) is 22.4. The Morgan fingerprint density at radius 3 is 2.62 bits per heavy atom. The molecule has 0 saturated carbocycles. The van der Waals surface area contributed by atoms with E-state index in [1.807, 2.05) is 0 Å². The molecule has 7 heteroatoms. The molecule has 3 heterocycles. The van der Waals surface area contributed by atoms with Crippen LogP contribution in [-0.4, -0.2) is 59.4 Å². The van der Waals surface area contributed by atoms with Crippen LogP contribution in [-0.2, 0) is 4.79 Å². The number of benzene rings is 1. The van der Waals surface area contributed by atoms with E-state index in [1.165, 1.54) is 10.4 Å². The second-order valence-electron chi connectivity index (χ2n) is 8.63. The minimum absolute atomic E-state index is 0.565. The van der Waals surface area contributed by atoms with Crippen LogP contribution in [0, 0.1) is 19.3 Å². The number of rotatable bonds is 3. The number of piperazine rings is 1. The van der Waals surface area contributed by atoms with Crippen LogP contribution in [0.15, 0.2) is 29.3 Å². The Morgan fingerprint density at radius 2 is 1.93 bits per heavy atom. The van der Waals surface area contributed by atoms with E-state index in [0.717, 1.165) is 54.0 Å². The molecule has 0 unspecified atom stereocenters. The zero-order valence-corrected chi connectivity index (χ0v) is 18.3. The highest BCUT2D eigenvalue weighted by molar-refractivity contribution is 7.16. The highest BCUT2D eigenvalue weighted by atomic mass is 32.1. The van der Waals surface area contributed by atoms with Crippen molar-refractivity contribution in [1.29, 1.82) is 0 Å². The average Bonchev–Trinajstić information content (AvgIpc) is 2.95. The van der Waals surface area contributed by atoms with Crippen LogP contribution in [0.1, 0.15) is 29.9 Å². The number of nitrogens with zero attached hydrogens (tertiary/aromatic N) is 3. The SMILES string of the molecule is Cc1ccc2c(c1)N=C(N1CCN(CC(C)(C)C(=O)O)CC1)c1cc(C)sc1N2. The van der Waals surface area contributed by atoms with E-state index < -0.39 is 11.4 Å². The minimum atomic E-state index is -0.746. The normalized spacial score (nSPS) is 17.1. The van der Waals surface area contributed by atoms with E-state index in [9.17, 15) is 9.90 Å². The summed E-state index contributed by atoms with van der Waals surface area (Å²) in [5, 5.41) is 14.1. The second kappa shape index (κ2) is 7.46. The van der Waals surface area contributed by atoms with Crippen molar-refractivity contribution in [2.45, 2.75) is 27.7 Å². The Bertz CT molecular complexity index is 971. The van der Waals surface area contributed by atoms with Gasteiger partial charge in [-0.2, -0.15) is 0 Å². The summed E-state index contributed by atoms with van der Waals surface area (Å²) < 4.78 is 0. The molecule has 0 aliphatic carbocycles. The fraction of sp³-hybridized carbons (Fsp3) is 0.455. The number of thiophene rings is 1. The molecule has 0 radical (unpaired) electrons. The predicted molar refractivity (Wildman–Crippen MR) is 119 cm³/mol. The number of carboxylic acid groups (broad SMARTS) is 1. The number of aliphatic carboxylic acids is 1. The van der Waals surface area contributed by atoms with Gasteiger partial charge in [0.1, 0.15) is 10.8 Å². The standard InChI is InChI=1S/C22H28N4O2S/c1-14-5-6-17-18(11-14)23-19(16-12-15(2)29-20(16)24-17)26-9-7-25(8-10-26)13-22(3,4)21(27)28/h5-6,11-12,24H,7-10,13H2,1-4H3,(H,27,28). The molecule has 6 nitrogen and oxygen atoms in total. The van der Waals surface area contributed by atoms with Crippen LogP contribution in [0.2, 0.25) is 0 Å². The van der Waals surface area contributed by atoms with E-state index in [4.69, 9.17) is 4.99 Å². The zero-order valence-electron chi connectivity index (χ0n) is 17.5. The summed E-state index contributed by atoms with van der Waals surface area (Å²) in [5.41, 5.74) is 3.61. The molecular weight excluding hydrogens is 384 g/mol. The van der Waals surface area contributed by atoms with Crippen molar-refractivity contribution in [2.75, 3.05) is 38.0 Å². The lowest BCUT2D eigenvalue weighted by Gasteiger charge is -2.38.